The average Bonchev–Trinajstić information content (AvgIpc) is 2.85. The summed E-state index contributed by atoms with van der Waals surface area (Å²) in [6.07, 6.45) is 0. The lowest BCUT2D eigenvalue weighted by molar-refractivity contribution is 0.243. The fourth-order valence-electron chi connectivity index (χ4n) is 1.83. The summed E-state index contributed by atoms with van der Waals surface area (Å²) in [5.41, 5.74) is 2.23. The molecule has 1 aromatic carbocycles. The maximum absolute atomic E-state index is 9.52. The highest BCUT2D eigenvalue weighted by Crippen LogP contribution is 2.22. The number of thiophene rings is 1. The standard InChI is InChI=1S/C14H16BrNO2S/c1-18-12-4-2-3-11(6-12)13(8-17)16-7-10-5-14(15)19-9-10/h2-6,9,13,16-17H,7-8H2,1H3. The third-order valence-electron chi connectivity index (χ3n) is 2.85. The van der Waals surface area contributed by atoms with Gasteiger partial charge in [0.05, 0.1) is 23.5 Å². The molecule has 0 bridgehead atoms. The van der Waals surface area contributed by atoms with Crippen LogP contribution >= 0.6 is 27.3 Å². The number of aliphatic hydroxyl groups excluding tert-OH is 1. The summed E-state index contributed by atoms with van der Waals surface area (Å²) in [5, 5.41) is 15.0. The summed E-state index contributed by atoms with van der Waals surface area (Å²) in [6.45, 7) is 0.781. The van der Waals surface area contributed by atoms with Crippen LogP contribution in [0.15, 0.2) is 39.5 Å². The van der Waals surface area contributed by atoms with E-state index in [1.165, 1.54) is 5.56 Å². The molecular formula is C14H16BrNO2S. The second-order valence-electron chi connectivity index (χ2n) is 4.15. The zero-order valence-corrected chi connectivity index (χ0v) is 13.0. The van der Waals surface area contributed by atoms with Gasteiger partial charge in [0.25, 0.3) is 0 Å². The van der Waals surface area contributed by atoms with Gasteiger partial charge in [-0.25, -0.2) is 0 Å². The van der Waals surface area contributed by atoms with Crippen molar-refractivity contribution in [2.75, 3.05) is 13.7 Å². The quantitative estimate of drug-likeness (QED) is 0.846. The minimum atomic E-state index is -0.0891. The maximum Gasteiger partial charge on any atom is 0.119 e. The van der Waals surface area contributed by atoms with E-state index >= 15 is 0 Å². The van der Waals surface area contributed by atoms with Crippen LogP contribution in [0.25, 0.3) is 0 Å². The molecule has 1 aromatic heterocycles. The highest BCUT2D eigenvalue weighted by Gasteiger charge is 2.11. The second-order valence-corrected chi connectivity index (χ2v) is 6.44. The lowest BCUT2D eigenvalue weighted by Crippen LogP contribution is -2.23. The predicted molar refractivity (Wildman–Crippen MR) is 81.7 cm³/mol. The Morgan fingerprint density at radius 3 is 2.89 bits per heavy atom. The smallest absolute Gasteiger partial charge is 0.119 e. The van der Waals surface area contributed by atoms with Crippen LogP contribution in [0.4, 0.5) is 0 Å². The number of halogens is 1. The normalized spacial score (nSPS) is 12.4. The lowest BCUT2D eigenvalue weighted by Gasteiger charge is -2.17. The van der Waals surface area contributed by atoms with Crippen molar-refractivity contribution in [2.45, 2.75) is 12.6 Å². The van der Waals surface area contributed by atoms with Crippen LogP contribution in [-0.2, 0) is 6.54 Å². The highest BCUT2D eigenvalue weighted by molar-refractivity contribution is 9.11. The van der Waals surface area contributed by atoms with Gasteiger partial charge in [0.15, 0.2) is 0 Å². The Labute approximate surface area is 125 Å². The number of hydrogen-bond acceptors (Lipinski definition) is 4. The largest absolute Gasteiger partial charge is 0.497 e. The van der Waals surface area contributed by atoms with Crippen LogP contribution in [0.2, 0.25) is 0 Å². The molecule has 2 N–H and O–H groups in total. The Hall–Kier alpha value is -0.880. The molecule has 2 aromatic rings. The third-order valence-corrected chi connectivity index (χ3v) is 4.41. The van der Waals surface area contributed by atoms with E-state index in [2.05, 4.69) is 32.7 Å². The van der Waals surface area contributed by atoms with Crippen LogP contribution in [0.3, 0.4) is 0 Å². The first-order valence-corrected chi connectivity index (χ1v) is 7.61. The number of hydrogen-bond donors (Lipinski definition) is 2. The molecule has 0 fully saturated rings. The van der Waals surface area contributed by atoms with Gasteiger partial charge in [-0.3, -0.25) is 0 Å². The van der Waals surface area contributed by atoms with E-state index in [9.17, 15) is 5.11 Å². The van der Waals surface area contributed by atoms with Crippen molar-refractivity contribution in [1.82, 2.24) is 5.32 Å². The van der Waals surface area contributed by atoms with Crippen molar-refractivity contribution in [3.63, 3.8) is 0 Å². The molecular weight excluding hydrogens is 326 g/mol. The molecule has 0 aliphatic rings. The van der Waals surface area contributed by atoms with E-state index < -0.39 is 0 Å². The van der Waals surface area contributed by atoms with Crippen molar-refractivity contribution in [1.29, 1.82) is 0 Å². The average molecular weight is 342 g/mol. The summed E-state index contributed by atoms with van der Waals surface area (Å²) < 4.78 is 6.32. The van der Waals surface area contributed by atoms with Crippen LogP contribution in [-0.4, -0.2) is 18.8 Å². The number of aliphatic hydroxyl groups is 1. The molecule has 102 valence electrons. The molecule has 0 aliphatic carbocycles. The molecule has 0 amide bonds. The molecule has 19 heavy (non-hydrogen) atoms. The molecule has 3 nitrogen and oxygen atoms in total. The Morgan fingerprint density at radius 1 is 1.42 bits per heavy atom. The van der Waals surface area contributed by atoms with Crippen LogP contribution in [0.5, 0.6) is 5.75 Å². The van der Waals surface area contributed by atoms with Gasteiger partial charge < -0.3 is 15.2 Å². The molecule has 0 saturated heterocycles. The van der Waals surface area contributed by atoms with Crippen molar-refractivity contribution >= 4 is 27.3 Å². The zero-order chi connectivity index (χ0) is 13.7. The molecule has 0 radical (unpaired) electrons. The first kappa shape index (κ1) is 14.5. The van der Waals surface area contributed by atoms with Crippen LogP contribution in [0.1, 0.15) is 17.2 Å². The SMILES string of the molecule is COc1cccc(C(CO)NCc2csc(Br)c2)c1. The minimum Gasteiger partial charge on any atom is -0.497 e. The molecule has 0 spiro atoms. The Bertz CT molecular complexity index is 530. The number of ether oxygens (including phenoxy) is 1. The molecule has 1 atom stereocenters. The first-order chi connectivity index (χ1) is 9.22. The van der Waals surface area contributed by atoms with Gasteiger partial charge >= 0.3 is 0 Å². The predicted octanol–water partition coefficient (Wildman–Crippen LogP) is 3.34. The summed E-state index contributed by atoms with van der Waals surface area (Å²) >= 11 is 5.10. The summed E-state index contributed by atoms with van der Waals surface area (Å²) in [6, 6.07) is 9.75. The third kappa shape index (κ3) is 4.04. The van der Waals surface area contributed by atoms with Gasteiger partial charge in [-0.15, -0.1) is 11.3 Å². The van der Waals surface area contributed by atoms with E-state index in [-0.39, 0.29) is 12.6 Å². The molecule has 0 saturated carbocycles. The van der Waals surface area contributed by atoms with Crippen molar-refractivity contribution in [2.24, 2.45) is 0 Å². The minimum absolute atomic E-state index is 0.0540. The van der Waals surface area contributed by atoms with Crippen LogP contribution in [0, 0.1) is 0 Å². The summed E-state index contributed by atoms with van der Waals surface area (Å²) in [5.74, 6) is 0.802. The number of rotatable bonds is 6. The highest BCUT2D eigenvalue weighted by atomic mass is 79.9. The fraction of sp³-hybridized carbons (Fsp3) is 0.286. The van der Waals surface area contributed by atoms with Gasteiger partial charge in [0.2, 0.25) is 0 Å². The first-order valence-electron chi connectivity index (χ1n) is 5.94. The van der Waals surface area contributed by atoms with Gasteiger partial charge in [-0.2, -0.15) is 0 Å². The summed E-state index contributed by atoms with van der Waals surface area (Å²) in [7, 11) is 1.64. The van der Waals surface area contributed by atoms with Gasteiger partial charge in [0, 0.05) is 6.54 Å². The summed E-state index contributed by atoms with van der Waals surface area (Å²) in [4.78, 5) is 0. The van der Waals surface area contributed by atoms with Crippen molar-refractivity contribution in [3.8, 4) is 5.75 Å². The Kier molecular flexibility index (Phi) is 5.39. The molecule has 1 unspecified atom stereocenters. The van der Waals surface area contributed by atoms with Crippen molar-refractivity contribution < 1.29 is 9.84 Å². The lowest BCUT2D eigenvalue weighted by atomic mass is 10.1. The molecule has 0 aliphatic heterocycles. The number of nitrogens with one attached hydrogen (secondary N) is 1. The van der Waals surface area contributed by atoms with E-state index in [4.69, 9.17) is 4.74 Å². The van der Waals surface area contributed by atoms with Crippen molar-refractivity contribution in [3.05, 3.63) is 50.6 Å². The number of benzene rings is 1. The van der Waals surface area contributed by atoms with Crippen LogP contribution < -0.4 is 10.1 Å². The van der Waals surface area contributed by atoms with E-state index in [0.29, 0.717) is 0 Å². The Morgan fingerprint density at radius 2 is 2.26 bits per heavy atom. The zero-order valence-electron chi connectivity index (χ0n) is 10.6. The maximum atomic E-state index is 9.52. The molecule has 5 heteroatoms. The fourth-order valence-corrected chi connectivity index (χ4v) is 3.03. The number of methoxy groups -OCH3 is 1. The van der Waals surface area contributed by atoms with Gasteiger partial charge in [-0.1, -0.05) is 12.1 Å². The Balaban J connectivity index is 2.02. The molecule has 1 heterocycles. The second kappa shape index (κ2) is 7.05. The van der Waals surface area contributed by atoms with Gasteiger partial charge in [-0.05, 0) is 50.6 Å². The monoisotopic (exact) mass is 341 g/mol. The topological polar surface area (TPSA) is 41.5 Å². The van der Waals surface area contributed by atoms with E-state index in [1.54, 1.807) is 18.4 Å². The molecule has 2 rings (SSSR count). The van der Waals surface area contributed by atoms with E-state index in [0.717, 1.165) is 21.6 Å². The van der Waals surface area contributed by atoms with Gasteiger partial charge in [0.1, 0.15) is 5.75 Å². The van der Waals surface area contributed by atoms with E-state index in [1.807, 2.05) is 24.3 Å².